The van der Waals surface area contributed by atoms with Gasteiger partial charge in [0.05, 0.1) is 11.5 Å². The van der Waals surface area contributed by atoms with Gasteiger partial charge in [-0.1, -0.05) is 6.92 Å². The molecule has 7 heteroatoms. The van der Waals surface area contributed by atoms with E-state index in [2.05, 4.69) is 13.1 Å². The van der Waals surface area contributed by atoms with Crippen molar-refractivity contribution in [3.05, 3.63) is 0 Å². The van der Waals surface area contributed by atoms with Crippen LogP contribution in [-0.4, -0.2) is 46.2 Å². The molecule has 0 aliphatic rings. The zero-order chi connectivity index (χ0) is 14.8. The molecule has 0 aliphatic carbocycles. The van der Waals surface area contributed by atoms with Crippen molar-refractivity contribution in [1.29, 1.82) is 0 Å². The van der Waals surface area contributed by atoms with Crippen LogP contribution in [0, 0.1) is 0 Å². The van der Waals surface area contributed by atoms with E-state index >= 15 is 0 Å². The molecule has 0 aromatic rings. The SMILES string of the molecule is CCC(O[Si](C)(C)C(C)O[Si](C)(C)O)[Si](C)(C)O. The molecule has 0 aliphatic heterocycles. The highest BCUT2D eigenvalue weighted by Crippen LogP contribution is 2.23. The average molecular weight is 311 g/mol. The maximum atomic E-state index is 10.2. The monoisotopic (exact) mass is 310 g/mol. The van der Waals surface area contributed by atoms with E-state index in [1.807, 2.05) is 26.9 Å². The van der Waals surface area contributed by atoms with Crippen LogP contribution in [0.2, 0.25) is 39.3 Å². The molecular weight excluding hydrogens is 280 g/mol. The third kappa shape index (κ3) is 6.60. The Morgan fingerprint density at radius 1 is 0.944 bits per heavy atom. The molecule has 0 radical (unpaired) electrons. The van der Waals surface area contributed by atoms with Crippen LogP contribution in [0.15, 0.2) is 0 Å². The second kappa shape index (κ2) is 6.29. The molecule has 0 rings (SSSR count). The Morgan fingerprint density at radius 3 is 1.67 bits per heavy atom. The molecule has 0 bridgehead atoms. The molecule has 2 N–H and O–H groups in total. The van der Waals surface area contributed by atoms with Crippen molar-refractivity contribution in [2.75, 3.05) is 0 Å². The van der Waals surface area contributed by atoms with E-state index in [0.717, 1.165) is 6.42 Å². The minimum atomic E-state index is -2.53. The van der Waals surface area contributed by atoms with Gasteiger partial charge in [-0.2, -0.15) is 0 Å². The zero-order valence-corrected chi connectivity index (χ0v) is 16.1. The van der Waals surface area contributed by atoms with Crippen molar-refractivity contribution in [2.45, 2.75) is 71.0 Å². The Hall–Kier alpha value is 0.491. The summed E-state index contributed by atoms with van der Waals surface area (Å²) in [7, 11) is -6.91. The maximum absolute atomic E-state index is 10.2. The van der Waals surface area contributed by atoms with E-state index in [4.69, 9.17) is 8.85 Å². The van der Waals surface area contributed by atoms with Crippen molar-refractivity contribution in [3.8, 4) is 0 Å². The summed E-state index contributed by atoms with van der Waals surface area (Å²) in [6, 6.07) is 0. The van der Waals surface area contributed by atoms with Gasteiger partial charge >= 0.3 is 8.56 Å². The van der Waals surface area contributed by atoms with Gasteiger partial charge in [0.25, 0.3) is 0 Å². The number of hydrogen-bond acceptors (Lipinski definition) is 4. The van der Waals surface area contributed by atoms with Crippen LogP contribution in [0.1, 0.15) is 20.3 Å². The summed E-state index contributed by atoms with van der Waals surface area (Å²) in [6.45, 7) is 15.5. The van der Waals surface area contributed by atoms with Crippen molar-refractivity contribution in [3.63, 3.8) is 0 Å². The van der Waals surface area contributed by atoms with E-state index in [-0.39, 0.29) is 11.5 Å². The fraction of sp³-hybridized carbons (Fsp3) is 1.00. The lowest BCUT2D eigenvalue weighted by atomic mass is 10.5. The van der Waals surface area contributed by atoms with Crippen LogP contribution < -0.4 is 0 Å². The molecule has 110 valence electrons. The van der Waals surface area contributed by atoms with E-state index < -0.39 is 25.2 Å². The second-order valence-electron chi connectivity index (χ2n) is 6.48. The van der Waals surface area contributed by atoms with Gasteiger partial charge in [0.15, 0.2) is 0 Å². The highest BCUT2D eigenvalue weighted by molar-refractivity contribution is 6.76. The van der Waals surface area contributed by atoms with Gasteiger partial charge < -0.3 is 18.4 Å². The van der Waals surface area contributed by atoms with Crippen LogP contribution in [0.3, 0.4) is 0 Å². The minimum Gasteiger partial charge on any atom is -0.430 e. The highest BCUT2D eigenvalue weighted by Gasteiger charge is 2.41. The molecule has 0 amide bonds. The summed E-state index contributed by atoms with van der Waals surface area (Å²) < 4.78 is 11.9. The molecule has 0 spiro atoms. The Balaban J connectivity index is 4.72. The van der Waals surface area contributed by atoms with Gasteiger partial charge in [-0.05, 0) is 52.6 Å². The van der Waals surface area contributed by atoms with Crippen molar-refractivity contribution >= 4 is 25.2 Å². The van der Waals surface area contributed by atoms with E-state index in [1.165, 1.54) is 0 Å². The summed E-state index contributed by atoms with van der Waals surface area (Å²) in [4.78, 5) is 20.1. The summed E-state index contributed by atoms with van der Waals surface area (Å²) in [5, 5.41) is 0. The quantitative estimate of drug-likeness (QED) is 0.709. The van der Waals surface area contributed by atoms with Gasteiger partial charge in [-0.3, -0.25) is 0 Å². The Morgan fingerprint density at radius 2 is 1.39 bits per heavy atom. The van der Waals surface area contributed by atoms with Crippen molar-refractivity contribution < 1.29 is 18.4 Å². The third-order valence-electron chi connectivity index (χ3n) is 3.05. The fourth-order valence-electron chi connectivity index (χ4n) is 1.76. The Labute approximate surface area is 115 Å². The lowest BCUT2D eigenvalue weighted by Crippen LogP contribution is -2.56. The molecule has 0 saturated heterocycles. The first-order valence-corrected chi connectivity index (χ1v) is 15.5. The molecule has 2 atom stereocenters. The van der Waals surface area contributed by atoms with Gasteiger partial charge in [-0.15, -0.1) is 0 Å². The van der Waals surface area contributed by atoms with Gasteiger partial charge in [0, 0.05) is 0 Å². The molecule has 0 fully saturated rings. The van der Waals surface area contributed by atoms with E-state index in [1.54, 1.807) is 13.1 Å². The fourth-order valence-corrected chi connectivity index (χ4v) is 8.79. The van der Waals surface area contributed by atoms with Crippen LogP contribution in [-0.2, 0) is 8.85 Å². The normalized spacial score (nSPS) is 17.7. The maximum Gasteiger partial charge on any atom is 0.329 e. The van der Waals surface area contributed by atoms with Gasteiger partial charge in [0.1, 0.15) is 0 Å². The van der Waals surface area contributed by atoms with Crippen LogP contribution in [0.25, 0.3) is 0 Å². The van der Waals surface area contributed by atoms with Gasteiger partial charge in [0.2, 0.25) is 16.6 Å². The minimum absolute atomic E-state index is 0.0614. The largest absolute Gasteiger partial charge is 0.430 e. The van der Waals surface area contributed by atoms with E-state index in [9.17, 15) is 9.59 Å². The van der Waals surface area contributed by atoms with Gasteiger partial charge in [-0.25, -0.2) is 0 Å². The Bertz CT molecular complexity index is 258. The van der Waals surface area contributed by atoms with Crippen LogP contribution in [0.4, 0.5) is 0 Å². The van der Waals surface area contributed by atoms with E-state index in [0.29, 0.717) is 0 Å². The zero-order valence-electron chi connectivity index (χ0n) is 13.1. The van der Waals surface area contributed by atoms with Crippen molar-refractivity contribution in [1.82, 2.24) is 0 Å². The molecule has 4 nitrogen and oxygen atoms in total. The summed E-state index contributed by atoms with van der Waals surface area (Å²) >= 11 is 0. The number of hydrogen-bond donors (Lipinski definition) is 2. The molecule has 0 saturated carbocycles. The number of rotatable bonds is 7. The van der Waals surface area contributed by atoms with Crippen LogP contribution >= 0.6 is 0 Å². The average Bonchev–Trinajstić information content (AvgIpc) is 2.09. The molecule has 18 heavy (non-hydrogen) atoms. The summed E-state index contributed by atoms with van der Waals surface area (Å²) in [5.74, 6) is 0. The first kappa shape index (κ1) is 18.5. The summed E-state index contributed by atoms with van der Waals surface area (Å²) in [6.07, 6.45) is 0.818. The lowest BCUT2D eigenvalue weighted by Gasteiger charge is -2.38. The lowest BCUT2D eigenvalue weighted by molar-refractivity contribution is 0.164. The predicted molar refractivity (Wildman–Crippen MR) is 82.6 cm³/mol. The first-order chi connectivity index (χ1) is 7.79. The van der Waals surface area contributed by atoms with Crippen molar-refractivity contribution in [2.24, 2.45) is 0 Å². The second-order valence-corrected chi connectivity index (χ2v) is 17.8. The predicted octanol–water partition coefficient (Wildman–Crippen LogP) is 2.36. The van der Waals surface area contributed by atoms with Crippen LogP contribution in [0.5, 0.6) is 0 Å². The molecule has 2 unspecified atom stereocenters. The smallest absolute Gasteiger partial charge is 0.329 e. The summed E-state index contributed by atoms with van der Waals surface area (Å²) in [5.41, 5.74) is -0.136. The molecule has 0 aromatic heterocycles. The molecule has 0 aromatic carbocycles. The first-order valence-electron chi connectivity index (χ1n) is 6.60. The molecular formula is C11H30O4Si3. The Kier molecular flexibility index (Phi) is 6.47. The standard InChI is InChI=1S/C11H30O4Si3/c1-9-11(16(3,4)12)15-17(5,6)10(2)14-18(7,8)13/h10-13H,9H2,1-8H3. The highest BCUT2D eigenvalue weighted by atomic mass is 28.4. The topological polar surface area (TPSA) is 58.9 Å². The molecule has 0 heterocycles. The third-order valence-corrected chi connectivity index (χ3v) is 9.52.